The Balaban J connectivity index is 2.36. The van der Waals surface area contributed by atoms with Gasteiger partial charge in [-0.2, -0.15) is 5.26 Å². The summed E-state index contributed by atoms with van der Waals surface area (Å²) in [6.07, 6.45) is 3.33. The van der Waals surface area contributed by atoms with Crippen LogP contribution in [0.2, 0.25) is 0 Å². The van der Waals surface area contributed by atoms with Crippen LogP contribution in [0.4, 0.5) is 0 Å². The van der Waals surface area contributed by atoms with Gasteiger partial charge in [-0.15, -0.1) is 0 Å². The van der Waals surface area contributed by atoms with Crippen LogP contribution in [0.15, 0.2) is 22.8 Å². The topological polar surface area (TPSA) is 49.0 Å². The fourth-order valence-corrected chi connectivity index (χ4v) is 1.38. The Morgan fingerprint density at radius 3 is 2.93 bits per heavy atom. The standard InChI is InChI=1S/C11H16N2O/c1-3-10(8-12)13-9(2)7-11-5-4-6-14-11/h4-6,9-10,13H,3,7H2,1-2H3. The van der Waals surface area contributed by atoms with Gasteiger partial charge in [0.25, 0.3) is 0 Å². The summed E-state index contributed by atoms with van der Waals surface area (Å²) in [5.41, 5.74) is 0. The molecule has 3 heteroatoms. The fraction of sp³-hybridized carbons (Fsp3) is 0.545. The number of nitrogens with one attached hydrogen (secondary N) is 1. The molecule has 0 aromatic carbocycles. The van der Waals surface area contributed by atoms with E-state index in [0.29, 0.717) is 0 Å². The summed E-state index contributed by atoms with van der Waals surface area (Å²) in [4.78, 5) is 0. The highest BCUT2D eigenvalue weighted by Crippen LogP contribution is 2.04. The van der Waals surface area contributed by atoms with E-state index in [0.717, 1.165) is 18.6 Å². The second-order valence-corrected chi connectivity index (χ2v) is 3.44. The van der Waals surface area contributed by atoms with E-state index in [1.807, 2.05) is 19.1 Å². The molecule has 14 heavy (non-hydrogen) atoms. The number of nitrogens with zero attached hydrogens (tertiary/aromatic N) is 1. The normalized spacial score (nSPS) is 14.6. The maximum absolute atomic E-state index is 8.77. The molecule has 0 fully saturated rings. The van der Waals surface area contributed by atoms with Crippen LogP contribution >= 0.6 is 0 Å². The fourth-order valence-electron chi connectivity index (χ4n) is 1.38. The van der Waals surface area contributed by atoms with Crippen molar-refractivity contribution in [2.75, 3.05) is 0 Å². The molecular weight excluding hydrogens is 176 g/mol. The molecule has 1 heterocycles. The van der Waals surface area contributed by atoms with E-state index in [-0.39, 0.29) is 12.1 Å². The summed E-state index contributed by atoms with van der Waals surface area (Å²) in [5.74, 6) is 0.956. The SMILES string of the molecule is CCC(C#N)NC(C)Cc1ccco1. The molecule has 76 valence electrons. The summed E-state index contributed by atoms with van der Waals surface area (Å²) < 4.78 is 5.23. The van der Waals surface area contributed by atoms with Gasteiger partial charge in [-0.25, -0.2) is 0 Å². The van der Waals surface area contributed by atoms with Gasteiger partial charge in [-0.1, -0.05) is 6.92 Å². The first-order valence-electron chi connectivity index (χ1n) is 4.94. The Kier molecular flexibility index (Phi) is 4.21. The van der Waals surface area contributed by atoms with E-state index in [9.17, 15) is 0 Å². The van der Waals surface area contributed by atoms with Crippen LogP contribution in [-0.4, -0.2) is 12.1 Å². The molecule has 0 amide bonds. The molecule has 3 nitrogen and oxygen atoms in total. The molecule has 1 aromatic heterocycles. The molecule has 1 N–H and O–H groups in total. The van der Waals surface area contributed by atoms with Crippen LogP contribution in [0.25, 0.3) is 0 Å². The Morgan fingerprint density at radius 2 is 2.43 bits per heavy atom. The van der Waals surface area contributed by atoms with E-state index in [4.69, 9.17) is 9.68 Å². The van der Waals surface area contributed by atoms with E-state index in [1.54, 1.807) is 6.26 Å². The predicted molar refractivity (Wildman–Crippen MR) is 54.7 cm³/mol. The summed E-state index contributed by atoms with van der Waals surface area (Å²) >= 11 is 0. The van der Waals surface area contributed by atoms with Gasteiger partial charge in [0.2, 0.25) is 0 Å². The minimum absolute atomic E-state index is 0.0556. The maximum Gasteiger partial charge on any atom is 0.105 e. The third-order valence-electron chi connectivity index (χ3n) is 2.14. The highest BCUT2D eigenvalue weighted by atomic mass is 16.3. The molecule has 0 saturated carbocycles. The zero-order valence-corrected chi connectivity index (χ0v) is 8.66. The molecule has 1 aromatic rings. The van der Waals surface area contributed by atoms with Crippen molar-refractivity contribution in [1.29, 1.82) is 5.26 Å². The first-order valence-corrected chi connectivity index (χ1v) is 4.94. The first-order chi connectivity index (χ1) is 6.76. The lowest BCUT2D eigenvalue weighted by atomic mass is 10.1. The van der Waals surface area contributed by atoms with Gasteiger partial charge >= 0.3 is 0 Å². The average Bonchev–Trinajstić information content (AvgIpc) is 2.66. The Labute approximate surface area is 84.7 Å². The van der Waals surface area contributed by atoms with Gasteiger partial charge in [0.1, 0.15) is 5.76 Å². The number of hydrogen-bond acceptors (Lipinski definition) is 3. The highest BCUT2D eigenvalue weighted by Gasteiger charge is 2.10. The summed E-state index contributed by atoms with van der Waals surface area (Å²) in [7, 11) is 0. The smallest absolute Gasteiger partial charge is 0.105 e. The number of furan rings is 1. The maximum atomic E-state index is 8.77. The second-order valence-electron chi connectivity index (χ2n) is 3.44. The minimum atomic E-state index is -0.0556. The van der Waals surface area contributed by atoms with Crippen LogP contribution in [-0.2, 0) is 6.42 Å². The van der Waals surface area contributed by atoms with E-state index in [2.05, 4.69) is 18.3 Å². The third-order valence-corrected chi connectivity index (χ3v) is 2.14. The zero-order chi connectivity index (χ0) is 10.4. The number of nitriles is 1. The Morgan fingerprint density at radius 1 is 1.64 bits per heavy atom. The highest BCUT2D eigenvalue weighted by molar-refractivity contribution is 5.01. The molecule has 0 radical (unpaired) electrons. The second kappa shape index (κ2) is 5.46. The quantitative estimate of drug-likeness (QED) is 0.777. The van der Waals surface area contributed by atoms with Gasteiger partial charge in [0, 0.05) is 12.5 Å². The summed E-state index contributed by atoms with van der Waals surface area (Å²) in [5, 5.41) is 12.0. The van der Waals surface area contributed by atoms with Crippen molar-refractivity contribution in [3.8, 4) is 6.07 Å². The van der Waals surface area contributed by atoms with Crippen LogP contribution < -0.4 is 5.32 Å². The van der Waals surface area contributed by atoms with Crippen molar-refractivity contribution in [2.45, 2.75) is 38.8 Å². The lowest BCUT2D eigenvalue weighted by Gasteiger charge is -2.15. The van der Waals surface area contributed by atoms with Crippen molar-refractivity contribution in [2.24, 2.45) is 0 Å². The summed E-state index contributed by atoms with van der Waals surface area (Å²) in [6, 6.07) is 6.26. The molecule has 2 unspecified atom stereocenters. The molecule has 0 aliphatic heterocycles. The van der Waals surface area contributed by atoms with Crippen LogP contribution in [0, 0.1) is 11.3 Å². The molecule has 0 saturated heterocycles. The van der Waals surface area contributed by atoms with Gasteiger partial charge in [-0.3, -0.25) is 5.32 Å². The number of hydrogen-bond donors (Lipinski definition) is 1. The molecule has 0 spiro atoms. The molecule has 0 aliphatic rings. The van der Waals surface area contributed by atoms with Crippen molar-refractivity contribution >= 4 is 0 Å². The van der Waals surface area contributed by atoms with Crippen LogP contribution in [0.1, 0.15) is 26.0 Å². The van der Waals surface area contributed by atoms with Crippen molar-refractivity contribution in [1.82, 2.24) is 5.32 Å². The van der Waals surface area contributed by atoms with Gasteiger partial charge < -0.3 is 4.42 Å². The average molecular weight is 192 g/mol. The van der Waals surface area contributed by atoms with Crippen molar-refractivity contribution < 1.29 is 4.42 Å². The van der Waals surface area contributed by atoms with Crippen LogP contribution in [0.3, 0.4) is 0 Å². The van der Waals surface area contributed by atoms with Crippen molar-refractivity contribution in [3.63, 3.8) is 0 Å². The third kappa shape index (κ3) is 3.23. The predicted octanol–water partition coefficient (Wildman–Crippen LogP) is 2.10. The lowest BCUT2D eigenvalue weighted by molar-refractivity contribution is 0.436. The van der Waals surface area contributed by atoms with E-state index >= 15 is 0 Å². The molecule has 1 rings (SSSR count). The molecule has 0 bridgehead atoms. The Bertz CT molecular complexity index is 287. The summed E-state index contributed by atoms with van der Waals surface area (Å²) in [6.45, 7) is 4.06. The lowest BCUT2D eigenvalue weighted by Crippen LogP contribution is -2.36. The van der Waals surface area contributed by atoms with Crippen LogP contribution in [0.5, 0.6) is 0 Å². The van der Waals surface area contributed by atoms with Gasteiger partial charge in [0.05, 0.1) is 18.4 Å². The largest absolute Gasteiger partial charge is 0.469 e. The Hall–Kier alpha value is -1.27. The zero-order valence-electron chi connectivity index (χ0n) is 8.66. The van der Waals surface area contributed by atoms with Crippen molar-refractivity contribution in [3.05, 3.63) is 24.2 Å². The van der Waals surface area contributed by atoms with E-state index in [1.165, 1.54) is 0 Å². The first kappa shape index (κ1) is 10.8. The minimum Gasteiger partial charge on any atom is -0.469 e. The number of rotatable bonds is 5. The van der Waals surface area contributed by atoms with Gasteiger partial charge in [-0.05, 0) is 25.5 Å². The molecule has 0 aliphatic carbocycles. The monoisotopic (exact) mass is 192 g/mol. The molecular formula is C11H16N2O. The van der Waals surface area contributed by atoms with E-state index < -0.39 is 0 Å². The molecule has 2 atom stereocenters. The van der Waals surface area contributed by atoms with Gasteiger partial charge in [0.15, 0.2) is 0 Å².